The van der Waals surface area contributed by atoms with Crippen molar-refractivity contribution in [1.29, 1.82) is 0 Å². The van der Waals surface area contributed by atoms with Gasteiger partial charge in [-0.1, -0.05) is 12.8 Å². The monoisotopic (exact) mass is 328 g/mol. The molecule has 1 saturated heterocycles. The summed E-state index contributed by atoms with van der Waals surface area (Å²) >= 11 is 1.47. The fourth-order valence-corrected chi connectivity index (χ4v) is 7.38. The first kappa shape index (κ1) is 15.5. The number of rotatable bonds is 3. The highest BCUT2D eigenvalue weighted by Crippen LogP contribution is 2.39. The third-order valence-electron chi connectivity index (χ3n) is 4.93. The lowest BCUT2D eigenvalue weighted by molar-refractivity contribution is 0.129. The maximum absolute atomic E-state index is 13.2. The highest BCUT2D eigenvalue weighted by Gasteiger charge is 2.41. The van der Waals surface area contributed by atoms with Crippen molar-refractivity contribution in [1.82, 2.24) is 4.31 Å². The van der Waals surface area contributed by atoms with Crippen LogP contribution in [0.25, 0.3) is 0 Å². The maximum Gasteiger partial charge on any atom is 0.244 e. The van der Waals surface area contributed by atoms with Crippen LogP contribution in [0.3, 0.4) is 0 Å². The van der Waals surface area contributed by atoms with Crippen LogP contribution in [0.1, 0.15) is 49.0 Å². The first-order valence-electron chi connectivity index (χ1n) is 7.84. The van der Waals surface area contributed by atoms with Crippen molar-refractivity contribution in [2.45, 2.75) is 62.9 Å². The van der Waals surface area contributed by atoms with E-state index in [1.54, 1.807) is 4.31 Å². The van der Waals surface area contributed by atoms with Crippen LogP contribution in [-0.4, -0.2) is 25.3 Å². The summed E-state index contributed by atoms with van der Waals surface area (Å²) in [5.41, 5.74) is 6.60. The van der Waals surface area contributed by atoms with E-state index in [0.717, 1.165) is 29.7 Å². The topological polar surface area (TPSA) is 63.4 Å². The molecule has 21 heavy (non-hydrogen) atoms. The van der Waals surface area contributed by atoms with Crippen molar-refractivity contribution < 1.29 is 8.42 Å². The number of aryl methyl sites for hydroxylation is 1. The minimum atomic E-state index is -3.40. The SMILES string of the molecule is Cc1csc(CN)c1S(=O)(=O)N1CCCC2CCCCC21. The first-order valence-corrected chi connectivity index (χ1v) is 10.2. The Hall–Kier alpha value is -0.430. The molecule has 6 heteroatoms. The Morgan fingerprint density at radius 1 is 1.29 bits per heavy atom. The molecule has 0 spiro atoms. The fourth-order valence-electron chi connectivity index (χ4n) is 3.97. The molecule has 118 valence electrons. The van der Waals surface area contributed by atoms with E-state index in [0.29, 0.717) is 23.9 Å². The van der Waals surface area contributed by atoms with Gasteiger partial charge in [0.2, 0.25) is 10.0 Å². The van der Waals surface area contributed by atoms with E-state index in [1.807, 2.05) is 12.3 Å². The van der Waals surface area contributed by atoms with Crippen molar-refractivity contribution >= 4 is 21.4 Å². The fraction of sp³-hybridized carbons (Fsp3) is 0.733. The molecule has 3 rings (SSSR count). The highest BCUT2D eigenvalue weighted by molar-refractivity contribution is 7.89. The Kier molecular flexibility index (Phi) is 4.41. The Morgan fingerprint density at radius 2 is 2.00 bits per heavy atom. The number of thiophene rings is 1. The van der Waals surface area contributed by atoms with Crippen LogP contribution in [0.4, 0.5) is 0 Å². The molecule has 0 radical (unpaired) electrons. The molecule has 1 saturated carbocycles. The predicted octanol–water partition coefficient (Wildman–Crippen LogP) is 2.86. The molecule has 2 atom stereocenters. The molecular weight excluding hydrogens is 304 g/mol. The summed E-state index contributed by atoms with van der Waals surface area (Å²) in [4.78, 5) is 1.28. The second kappa shape index (κ2) is 5.99. The van der Waals surface area contributed by atoms with Crippen molar-refractivity contribution in [3.05, 3.63) is 15.8 Å². The lowest BCUT2D eigenvalue weighted by atomic mass is 9.79. The van der Waals surface area contributed by atoms with Gasteiger partial charge in [0, 0.05) is 24.0 Å². The summed E-state index contributed by atoms with van der Waals surface area (Å²) in [6.07, 6.45) is 6.78. The van der Waals surface area contributed by atoms with Gasteiger partial charge in [0.25, 0.3) is 0 Å². The third-order valence-corrected chi connectivity index (χ3v) is 8.34. The average Bonchev–Trinajstić information content (AvgIpc) is 2.88. The van der Waals surface area contributed by atoms with Gasteiger partial charge in [-0.3, -0.25) is 0 Å². The predicted molar refractivity (Wildman–Crippen MR) is 85.8 cm³/mol. The van der Waals surface area contributed by atoms with Gasteiger partial charge in [-0.2, -0.15) is 4.31 Å². The molecule has 1 aromatic rings. The molecule has 2 fully saturated rings. The second-order valence-electron chi connectivity index (χ2n) is 6.25. The van der Waals surface area contributed by atoms with E-state index in [-0.39, 0.29) is 6.04 Å². The standard InChI is InChI=1S/C15H24N2O2S2/c1-11-10-20-14(9-16)15(11)21(18,19)17-8-4-6-12-5-2-3-7-13(12)17/h10,12-13H,2-9,16H2,1H3. The van der Waals surface area contributed by atoms with Crippen LogP contribution in [0.15, 0.2) is 10.3 Å². The number of hydrogen-bond acceptors (Lipinski definition) is 4. The van der Waals surface area contributed by atoms with Crippen LogP contribution in [0.2, 0.25) is 0 Å². The Bertz CT molecular complexity index is 607. The van der Waals surface area contributed by atoms with E-state index in [9.17, 15) is 8.42 Å². The number of fused-ring (bicyclic) bond motifs is 1. The van der Waals surface area contributed by atoms with Gasteiger partial charge in [-0.05, 0) is 49.5 Å². The molecule has 1 aromatic heterocycles. The number of nitrogens with two attached hydrogens (primary N) is 1. The van der Waals surface area contributed by atoms with Gasteiger partial charge >= 0.3 is 0 Å². The highest BCUT2D eigenvalue weighted by atomic mass is 32.2. The summed E-state index contributed by atoms with van der Waals surface area (Å²) in [6.45, 7) is 2.85. The van der Waals surface area contributed by atoms with Gasteiger partial charge in [-0.25, -0.2) is 8.42 Å². The lowest BCUT2D eigenvalue weighted by Crippen LogP contribution is -2.49. The smallest absolute Gasteiger partial charge is 0.244 e. The van der Waals surface area contributed by atoms with Gasteiger partial charge in [-0.15, -0.1) is 11.3 Å². The minimum Gasteiger partial charge on any atom is -0.326 e. The molecular formula is C15H24N2O2S2. The van der Waals surface area contributed by atoms with E-state index in [2.05, 4.69) is 0 Å². The van der Waals surface area contributed by atoms with E-state index < -0.39 is 10.0 Å². The van der Waals surface area contributed by atoms with Gasteiger partial charge in [0.05, 0.1) is 0 Å². The zero-order chi connectivity index (χ0) is 15.0. The zero-order valence-electron chi connectivity index (χ0n) is 12.5. The summed E-state index contributed by atoms with van der Waals surface area (Å²) in [5, 5.41) is 1.91. The largest absolute Gasteiger partial charge is 0.326 e. The molecule has 0 aromatic carbocycles. The molecule has 2 heterocycles. The van der Waals surface area contributed by atoms with E-state index in [4.69, 9.17) is 5.73 Å². The second-order valence-corrected chi connectivity index (χ2v) is 9.04. The van der Waals surface area contributed by atoms with Gasteiger partial charge < -0.3 is 5.73 Å². The normalized spacial score (nSPS) is 27.5. The zero-order valence-corrected chi connectivity index (χ0v) is 14.2. The quantitative estimate of drug-likeness (QED) is 0.928. The average molecular weight is 329 g/mol. The summed E-state index contributed by atoms with van der Waals surface area (Å²) in [6, 6.07) is 0.211. The molecule has 4 nitrogen and oxygen atoms in total. The third kappa shape index (κ3) is 2.67. The van der Waals surface area contributed by atoms with E-state index in [1.165, 1.54) is 30.6 Å². The van der Waals surface area contributed by atoms with Crippen LogP contribution in [-0.2, 0) is 16.6 Å². The summed E-state index contributed by atoms with van der Waals surface area (Å²) in [5.74, 6) is 0.558. The van der Waals surface area contributed by atoms with Gasteiger partial charge in [0.15, 0.2) is 0 Å². The summed E-state index contributed by atoms with van der Waals surface area (Å²) < 4.78 is 28.2. The van der Waals surface area contributed by atoms with Crippen molar-refractivity contribution in [3.8, 4) is 0 Å². The van der Waals surface area contributed by atoms with Crippen molar-refractivity contribution in [2.24, 2.45) is 11.7 Å². The lowest BCUT2D eigenvalue weighted by Gasteiger charge is -2.43. The first-order chi connectivity index (χ1) is 10.1. The minimum absolute atomic E-state index is 0.211. The molecule has 1 aliphatic heterocycles. The van der Waals surface area contributed by atoms with Crippen LogP contribution >= 0.6 is 11.3 Å². The number of nitrogens with zero attached hydrogens (tertiary/aromatic N) is 1. The molecule has 0 bridgehead atoms. The molecule has 2 aliphatic rings. The molecule has 0 amide bonds. The summed E-state index contributed by atoms with van der Waals surface area (Å²) in [7, 11) is -3.40. The van der Waals surface area contributed by atoms with E-state index >= 15 is 0 Å². The number of hydrogen-bond donors (Lipinski definition) is 1. The van der Waals surface area contributed by atoms with Crippen molar-refractivity contribution in [3.63, 3.8) is 0 Å². The van der Waals surface area contributed by atoms with Crippen LogP contribution in [0, 0.1) is 12.8 Å². The number of piperidine rings is 1. The number of sulfonamides is 1. The molecule has 1 aliphatic carbocycles. The molecule has 2 N–H and O–H groups in total. The Morgan fingerprint density at radius 3 is 2.76 bits per heavy atom. The Labute approximate surface area is 131 Å². The van der Waals surface area contributed by atoms with Crippen LogP contribution < -0.4 is 5.73 Å². The Balaban J connectivity index is 1.98. The maximum atomic E-state index is 13.2. The van der Waals surface area contributed by atoms with Crippen molar-refractivity contribution in [2.75, 3.05) is 6.54 Å². The van der Waals surface area contributed by atoms with Crippen LogP contribution in [0.5, 0.6) is 0 Å². The molecule has 2 unspecified atom stereocenters. The van der Waals surface area contributed by atoms with Gasteiger partial charge in [0.1, 0.15) is 4.90 Å².